The van der Waals surface area contributed by atoms with Crippen LogP contribution in [0.2, 0.25) is 10.0 Å². The number of benzene rings is 1. The SMILES string of the molecule is CCc1nn(C)c(CC(N)Cc2ccc(Cl)cc2Cl)c1Br. The Morgan fingerprint density at radius 1 is 1.33 bits per heavy atom. The lowest BCUT2D eigenvalue weighted by Gasteiger charge is -2.13. The summed E-state index contributed by atoms with van der Waals surface area (Å²) in [6.45, 7) is 2.09. The van der Waals surface area contributed by atoms with Crippen molar-refractivity contribution in [2.45, 2.75) is 32.2 Å². The molecule has 1 atom stereocenters. The van der Waals surface area contributed by atoms with E-state index in [1.54, 1.807) is 6.07 Å². The monoisotopic (exact) mass is 389 g/mol. The van der Waals surface area contributed by atoms with E-state index >= 15 is 0 Å². The molecule has 1 aromatic heterocycles. The average Bonchev–Trinajstić information content (AvgIpc) is 2.69. The Morgan fingerprint density at radius 3 is 2.62 bits per heavy atom. The zero-order valence-electron chi connectivity index (χ0n) is 12.0. The standard InChI is InChI=1S/C15H18BrCl2N3/c1-3-13-15(16)14(21(2)20-13)8-11(19)6-9-4-5-10(17)7-12(9)18/h4-5,7,11H,3,6,8,19H2,1-2H3. The molecule has 2 rings (SSSR count). The normalized spacial score (nSPS) is 12.7. The van der Waals surface area contributed by atoms with Crippen LogP contribution in [0.1, 0.15) is 23.9 Å². The van der Waals surface area contributed by atoms with E-state index in [9.17, 15) is 0 Å². The molecular weight excluding hydrogens is 373 g/mol. The van der Waals surface area contributed by atoms with Crippen molar-refractivity contribution >= 4 is 39.1 Å². The molecule has 3 nitrogen and oxygen atoms in total. The second-order valence-electron chi connectivity index (χ2n) is 5.09. The van der Waals surface area contributed by atoms with Crippen LogP contribution in [0.5, 0.6) is 0 Å². The highest BCUT2D eigenvalue weighted by Gasteiger charge is 2.16. The minimum atomic E-state index is -0.0277. The van der Waals surface area contributed by atoms with Crippen LogP contribution in [0.3, 0.4) is 0 Å². The first-order valence-corrected chi connectivity index (χ1v) is 8.37. The van der Waals surface area contributed by atoms with Gasteiger partial charge in [-0.25, -0.2) is 0 Å². The summed E-state index contributed by atoms with van der Waals surface area (Å²) < 4.78 is 2.96. The van der Waals surface area contributed by atoms with Crippen molar-refractivity contribution in [3.05, 3.63) is 49.7 Å². The highest BCUT2D eigenvalue weighted by atomic mass is 79.9. The third-order valence-corrected chi connectivity index (χ3v) is 4.96. The van der Waals surface area contributed by atoms with Crippen LogP contribution < -0.4 is 5.73 Å². The van der Waals surface area contributed by atoms with Gasteiger partial charge in [0.15, 0.2) is 0 Å². The molecule has 0 saturated carbocycles. The van der Waals surface area contributed by atoms with E-state index in [0.717, 1.165) is 34.3 Å². The summed E-state index contributed by atoms with van der Waals surface area (Å²) in [7, 11) is 1.95. The maximum absolute atomic E-state index is 6.28. The molecule has 0 fully saturated rings. The molecule has 21 heavy (non-hydrogen) atoms. The van der Waals surface area contributed by atoms with Gasteiger partial charge in [0.1, 0.15) is 0 Å². The maximum atomic E-state index is 6.28. The first-order valence-electron chi connectivity index (χ1n) is 6.82. The quantitative estimate of drug-likeness (QED) is 0.832. The van der Waals surface area contributed by atoms with Gasteiger partial charge >= 0.3 is 0 Å². The summed E-state index contributed by atoms with van der Waals surface area (Å²) in [4.78, 5) is 0. The maximum Gasteiger partial charge on any atom is 0.0766 e. The molecule has 0 aliphatic heterocycles. The lowest BCUT2D eigenvalue weighted by molar-refractivity contribution is 0.610. The third-order valence-electron chi connectivity index (χ3n) is 3.46. The summed E-state index contributed by atoms with van der Waals surface area (Å²) in [6, 6.07) is 5.49. The van der Waals surface area contributed by atoms with E-state index in [1.165, 1.54) is 0 Å². The van der Waals surface area contributed by atoms with Gasteiger partial charge in [-0.1, -0.05) is 36.2 Å². The third kappa shape index (κ3) is 4.01. The van der Waals surface area contributed by atoms with Crippen LogP contribution in [0, 0.1) is 0 Å². The molecule has 1 unspecified atom stereocenters. The van der Waals surface area contributed by atoms with Crippen molar-refractivity contribution < 1.29 is 0 Å². The number of aromatic nitrogens is 2. The number of hydrogen-bond donors (Lipinski definition) is 1. The van der Waals surface area contributed by atoms with E-state index in [4.69, 9.17) is 28.9 Å². The van der Waals surface area contributed by atoms with Crippen molar-refractivity contribution in [1.82, 2.24) is 9.78 Å². The summed E-state index contributed by atoms with van der Waals surface area (Å²) in [5, 5.41) is 5.79. The average molecular weight is 391 g/mol. The van der Waals surface area contributed by atoms with Crippen LogP contribution in [-0.4, -0.2) is 15.8 Å². The van der Waals surface area contributed by atoms with Crippen LogP contribution in [0.4, 0.5) is 0 Å². The highest BCUT2D eigenvalue weighted by Crippen LogP contribution is 2.25. The van der Waals surface area contributed by atoms with Gasteiger partial charge in [0.05, 0.1) is 15.9 Å². The molecule has 6 heteroatoms. The number of halogens is 3. The largest absolute Gasteiger partial charge is 0.327 e. The predicted octanol–water partition coefficient (Wildman–Crippen LogP) is 4.16. The molecular formula is C15H18BrCl2N3. The van der Waals surface area contributed by atoms with Crippen molar-refractivity contribution in [2.24, 2.45) is 12.8 Å². The molecule has 0 amide bonds. The summed E-state index contributed by atoms with van der Waals surface area (Å²) in [5.41, 5.74) is 9.47. The van der Waals surface area contributed by atoms with Gasteiger partial charge in [-0.3, -0.25) is 4.68 Å². The molecule has 1 heterocycles. The fourth-order valence-electron chi connectivity index (χ4n) is 2.33. The van der Waals surface area contributed by atoms with E-state index < -0.39 is 0 Å². The Kier molecular flexibility index (Phi) is 5.72. The van der Waals surface area contributed by atoms with Crippen molar-refractivity contribution in [3.63, 3.8) is 0 Å². The number of aryl methyl sites for hydroxylation is 2. The Labute approximate surface area is 143 Å². The number of nitrogens with two attached hydrogens (primary N) is 1. The van der Waals surface area contributed by atoms with E-state index in [0.29, 0.717) is 16.5 Å². The molecule has 0 radical (unpaired) electrons. The Morgan fingerprint density at radius 2 is 2.05 bits per heavy atom. The summed E-state index contributed by atoms with van der Waals surface area (Å²) in [6.07, 6.45) is 2.34. The van der Waals surface area contributed by atoms with Crippen molar-refractivity contribution in [1.29, 1.82) is 0 Å². The second kappa shape index (κ2) is 7.14. The molecule has 2 aromatic rings. The molecule has 0 spiro atoms. The number of nitrogens with zero attached hydrogens (tertiary/aromatic N) is 2. The van der Waals surface area contributed by atoms with Crippen LogP contribution >= 0.6 is 39.1 Å². The molecule has 114 valence electrons. The fraction of sp³-hybridized carbons (Fsp3) is 0.400. The van der Waals surface area contributed by atoms with E-state index in [-0.39, 0.29) is 6.04 Å². The molecule has 0 bridgehead atoms. The Balaban J connectivity index is 2.11. The van der Waals surface area contributed by atoms with Gasteiger partial charge in [0.25, 0.3) is 0 Å². The second-order valence-corrected chi connectivity index (χ2v) is 6.73. The van der Waals surface area contributed by atoms with E-state index in [1.807, 2.05) is 23.9 Å². The van der Waals surface area contributed by atoms with Crippen molar-refractivity contribution in [2.75, 3.05) is 0 Å². The molecule has 0 saturated heterocycles. The minimum Gasteiger partial charge on any atom is -0.327 e. The molecule has 0 aliphatic rings. The van der Waals surface area contributed by atoms with Gasteiger partial charge in [-0.15, -0.1) is 0 Å². The lowest BCUT2D eigenvalue weighted by atomic mass is 10.0. The van der Waals surface area contributed by atoms with Gasteiger partial charge in [0, 0.05) is 29.6 Å². The molecule has 2 N–H and O–H groups in total. The molecule has 0 aliphatic carbocycles. The lowest BCUT2D eigenvalue weighted by Crippen LogP contribution is -2.27. The van der Waals surface area contributed by atoms with E-state index in [2.05, 4.69) is 28.0 Å². The summed E-state index contributed by atoms with van der Waals surface area (Å²) >= 11 is 15.7. The van der Waals surface area contributed by atoms with Crippen LogP contribution in [0.25, 0.3) is 0 Å². The topological polar surface area (TPSA) is 43.8 Å². The Bertz CT molecular complexity index is 640. The zero-order chi connectivity index (χ0) is 15.6. The first kappa shape index (κ1) is 16.8. The van der Waals surface area contributed by atoms with Gasteiger partial charge in [-0.05, 0) is 46.5 Å². The van der Waals surface area contributed by atoms with Gasteiger partial charge < -0.3 is 5.73 Å². The van der Waals surface area contributed by atoms with Gasteiger partial charge in [0.2, 0.25) is 0 Å². The number of rotatable bonds is 5. The number of hydrogen-bond acceptors (Lipinski definition) is 2. The summed E-state index contributed by atoms with van der Waals surface area (Å²) in [5.74, 6) is 0. The minimum absolute atomic E-state index is 0.0277. The Hall–Kier alpha value is -0.550. The predicted molar refractivity (Wildman–Crippen MR) is 92.1 cm³/mol. The van der Waals surface area contributed by atoms with Crippen LogP contribution in [0.15, 0.2) is 22.7 Å². The van der Waals surface area contributed by atoms with Gasteiger partial charge in [-0.2, -0.15) is 5.10 Å². The smallest absolute Gasteiger partial charge is 0.0766 e. The zero-order valence-corrected chi connectivity index (χ0v) is 15.1. The fourth-order valence-corrected chi connectivity index (χ4v) is 3.60. The highest BCUT2D eigenvalue weighted by molar-refractivity contribution is 9.10. The van der Waals surface area contributed by atoms with Crippen molar-refractivity contribution in [3.8, 4) is 0 Å². The first-order chi connectivity index (χ1) is 9.92. The molecule has 1 aromatic carbocycles. The van der Waals surface area contributed by atoms with Crippen LogP contribution in [-0.2, 0) is 26.3 Å².